The number of aromatic amines is 1. The number of imidazole rings is 1. The third kappa shape index (κ3) is 3.76. The summed E-state index contributed by atoms with van der Waals surface area (Å²) >= 11 is 0. The predicted octanol–water partition coefficient (Wildman–Crippen LogP) is 4.99. The molecule has 0 aliphatic carbocycles. The molecule has 7 rings (SSSR count). The van der Waals surface area contributed by atoms with Gasteiger partial charge in [-0.15, -0.1) is 0 Å². The van der Waals surface area contributed by atoms with Gasteiger partial charge >= 0.3 is 0 Å². The highest BCUT2D eigenvalue weighted by molar-refractivity contribution is 6.06. The summed E-state index contributed by atoms with van der Waals surface area (Å²) in [5.41, 5.74) is 4.57. The summed E-state index contributed by atoms with van der Waals surface area (Å²) in [6, 6.07) is 17.2. The molecule has 1 aliphatic heterocycles. The number of H-pyrrole nitrogens is 1. The van der Waals surface area contributed by atoms with Crippen LogP contribution < -0.4 is 0 Å². The molecule has 9 heteroatoms. The average molecular weight is 490 g/mol. The molecule has 1 amide bonds. The molecule has 37 heavy (non-hydrogen) atoms. The van der Waals surface area contributed by atoms with E-state index in [4.69, 9.17) is 14.4 Å². The Morgan fingerprint density at radius 1 is 1.08 bits per heavy atom. The first kappa shape index (κ1) is 21.5. The Hall–Kier alpha value is -4.79. The summed E-state index contributed by atoms with van der Waals surface area (Å²) in [7, 11) is 0. The quantitative estimate of drug-likeness (QED) is 0.366. The van der Waals surface area contributed by atoms with Crippen molar-refractivity contribution >= 4 is 28.0 Å². The van der Waals surface area contributed by atoms with Gasteiger partial charge in [0.25, 0.3) is 5.91 Å². The maximum absolute atomic E-state index is 14.2. The van der Waals surface area contributed by atoms with Crippen LogP contribution in [0.15, 0.2) is 83.9 Å². The highest BCUT2D eigenvalue weighted by Gasteiger charge is 2.34. The van der Waals surface area contributed by atoms with E-state index in [-0.39, 0.29) is 11.9 Å². The molecule has 1 atom stereocenters. The summed E-state index contributed by atoms with van der Waals surface area (Å²) < 4.78 is 7.30. The van der Waals surface area contributed by atoms with Crippen molar-refractivity contribution in [3.63, 3.8) is 0 Å². The Morgan fingerprint density at radius 2 is 2.03 bits per heavy atom. The second-order valence-corrected chi connectivity index (χ2v) is 9.21. The number of carbonyl (C=O) groups excluding carboxylic acids is 1. The number of nitrogens with one attached hydrogen (secondary N) is 1. The van der Waals surface area contributed by atoms with E-state index in [0.29, 0.717) is 35.4 Å². The van der Waals surface area contributed by atoms with E-state index in [9.17, 15) is 4.79 Å². The average Bonchev–Trinajstić information content (AvgIpc) is 3.75. The molecule has 0 saturated carbocycles. The Bertz CT molecular complexity index is 1690. The van der Waals surface area contributed by atoms with Gasteiger partial charge in [0.15, 0.2) is 5.65 Å². The second-order valence-electron chi connectivity index (χ2n) is 9.21. The van der Waals surface area contributed by atoms with Crippen LogP contribution in [-0.2, 0) is 6.54 Å². The van der Waals surface area contributed by atoms with Crippen molar-refractivity contribution in [2.45, 2.75) is 25.4 Å². The third-order valence-corrected chi connectivity index (χ3v) is 6.92. The van der Waals surface area contributed by atoms with Gasteiger partial charge in [0.05, 0.1) is 46.2 Å². The van der Waals surface area contributed by atoms with Gasteiger partial charge in [-0.1, -0.05) is 12.1 Å². The fourth-order valence-electron chi connectivity index (χ4n) is 5.13. The van der Waals surface area contributed by atoms with E-state index < -0.39 is 0 Å². The summed E-state index contributed by atoms with van der Waals surface area (Å²) in [5, 5.41) is 5.28. The molecule has 1 N–H and O–H groups in total. The standard InChI is InChI=1S/C28H23N7O2/c36-28(34-12-4-10-25(34)26-31-22-8-1-2-9-23(22)32-26)20-14-24(18-6-3-11-29-15-18)33-27-21(20)16-30-35(27)17-19-7-5-13-37-19/h1-3,5-9,11,13-16,25H,4,10,12,17H2,(H,31,32). The van der Waals surface area contributed by atoms with Gasteiger partial charge in [-0.3, -0.25) is 9.78 Å². The molecular weight excluding hydrogens is 466 g/mol. The second kappa shape index (κ2) is 8.70. The van der Waals surface area contributed by atoms with Crippen LogP contribution in [0.5, 0.6) is 0 Å². The molecule has 1 saturated heterocycles. The molecule has 0 spiro atoms. The van der Waals surface area contributed by atoms with Crippen LogP contribution in [0.25, 0.3) is 33.3 Å². The Morgan fingerprint density at radius 3 is 2.86 bits per heavy atom. The smallest absolute Gasteiger partial charge is 0.255 e. The highest BCUT2D eigenvalue weighted by atomic mass is 16.3. The summed E-state index contributed by atoms with van der Waals surface area (Å²) in [4.78, 5) is 33.4. The number of carbonyl (C=O) groups is 1. The summed E-state index contributed by atoms with van der Waals surface area (Å²) in [6.07, 6.45) is 8.59. The molecule has 1 aliphatic rings. The van der Waals surface area contributed by atoms with Crippen molar-refractivity contribution < 1.29 is 9.21 Å². The van der Waals surface area contributed by atoms with Crippen molar-refractivity contribution in [1.29, 1.82) is 0 Å². The minimum absolute atomic E-state index is 0.0574. The molecule has 5 aromatic heterocycles. The SMILES string of the molecule is O=C(c1cc(-c2cccnc2)nc2c1cnn2Cc1ccco1)N1CCCC1c1nc2ccccc2[nH]1. The van der Waals surface area contributed by atoms with Crippen LogP contribution in [0.1, 0.15) is 40.8 Å². The number of benzene rings is 1. The number of furan rings is 1. The minimum atomic E-state index is -0.122. The molecule has 0 bridgehead atoms. The van der Waals surface area contributed by atoms with Crippen molar-refractivity contribution in [3.05, 3.63) is 96.6 Å². The fraction of sp³-hybridized carbons (Fsp3) is 0.179. The number of pyridine rings is 2. The molecular formula is C28H23N7O2. The van der Waals surface area contributed by atoms with E-state index in [1.807, 2.05) is 59.5 Å². The largest absolute Gasteiger partial charge is 0.467 e. The number of hydrogen-bond donors (Lipinski definition) is 1. The lowest BCUT2D eigenvalue weighted by Crippen LogP contribution is -2.31. The molecule has 6 aromatic rings. The van der Waals surface area contributed by atoms with E-state index in [1.165, 1.54) is 0 Å². The normalized spacial score (nSPS) is 15.7. The molecule has 6 heterocycles. The van der Waals surface area contributed by atoms with Crippen LogP contribution in [0.2, 0.25) is 0 Å². The van der Waals surface area contributed by atoms with Gasteiger partial charge in [0, 0.05) is 24.5 Å². The van der Waals surface area contributed by atoms with E-state index in [1.54, 1.807) is 29.5 Å². The Balaban J connectivity index is 1.33. The molecule has 1 aromatic carbocycles. The van der Waals surface area contributed by atoms with Gasteiger partial charge in [-0.2, -0.15) is 5.10 Å². The number of para-hydroxylation sites is 2. The predicted molar refractivity (Wildman–Crippen MR) is 138 cm³/mol. The van der Waals surface area contributed by atoms with E-state index in [2.05, 4.69) is 15.1 Å². The van der Waals surface area contributed by atoms with E-state index in [0.717, 1.165) is 41.0 Å². The summed E-state index contributed by atoms with van der Waals surface area (Å²) in [6.45, 7) is 1.08. The maximum atomic E-state index is 14.2. The zero-order valence-electron chi connectivity index (χ0n) is 19.9. The maximum Gasteiger partial charge on any atom is 0.255 e. The van der Waals surface area contributed by atoms with Crippen LogP contribution in [0.4, 0.5) is 0 Å². The fourth-order valence-corrected chi connectivity index (χ4v) is 5.13. The first-order valence-corrected chi connectivity index (χ1v) is 12.3. The van der Waals surface area contributed by atoms with Gasteiger partial charge in [0.1, 0.15) is 18.1 Å². The Kier molecular flexibility index (Phi) is 5.05. The zero-order chi connectivity index (χ0) is 24.8. The topological polar surface area (TPSA) is 106 Å². The van der Waals surface area contributed by atoms with Crippen LogP contribution in [0.3, 0.4) is 0 Å². The van der Waals surface area contributed by atoms with E-state index >= 15 is 0 Å². The summed E-state index contributed by atoms with van der Waals surface area (Å²) in [5.74, 6) is 1.52. The van der Waals surface area contributed by atoms with Gasteiger partial charge in [-0.05, 0) is 55.3 Å². The first-order chi connectivity index (χ1) is 18.2. The number of rotatable bonds is 5. The number of hydrogen-bond acceptors (Lipinski definition) is 6. The molecule has 1 unspecified atom stereocenters. The van der Waals surface area contributed by atoms with Crippen molar-refractivity contribution in [2.75, 3.05) is 6.54 Å². The van der Waals surface area contributed by atoms with Gasteiger partial charge < -0.3 is 14.3 Å². The highest BCUT2D eigenvalue weighted by Crippen LogP contribution is 2.35. The van der Waals surface area contributed by atoms with Crippen LogP contribution in [0, 0.1) is 0 Å². The lowest BCUT2D eigenvalue weighted by Gasteiger charge is -2.24. The number of amides is 1. The number of aromatic nitrogens is 6. The molecule has 1 fully saturated rings. The monoisotopic (exact) mass is 489 g/mol. The lowest BCUT2D eigenvalue weighted by atomic mass is 10.1. The van der Waals surface area contributed by atoms with Crippen molar-refractivity contribution in [2.24, 2.45) is 0 Å². The lowest BCUT2D eigenvalue weighted by molar-refractivity contribution is 0.0732. The molecule has 9 nitrogen and oxygen atoms in total. The number of likely N-dealkylation sites (tertiary alicyclic amines) is 1. The van der Waals surface area contributed by atoms with Crippen molar-refractivity contribution in [1.82, 2.24) is 34.6 Å². The Labute approximate surface area is 211 Å². The molecule has 182 valence electrons. The van der Waals surface area contributed by atoms with Gasteiger partial charge in [-0.25, -0.2) is 14.6 Å². The van der Waals surface area contributed by atoms with Crippen molar-refractivity contribution in [3.8, 4) is 11.3 Å². The number of fused-ring (bicyclic) bond motifs is 2. The van der Waals surface area contributed by atoms with Gasteiger partial charge in [0.2, 0.25) is 0 Å². The van der Waals surface area contributed by atoms with Crippen LogP contribution >= 0.6 is 0 Å². The van der Waals surface area contributed by atoms with Crippen LogP contribution in [-0.4, -0.2) is 47.1 Å². The zero-order valence-corrected chi connectivity index (χ0v) is 19.9. The number of nitrogens with zero attached hydrogens (tertiary/aromatic N) is 6. The minimum Gasteiger partial charge on any atom is -0.467 e. The third-order valence-electron chi connectivity index (χ3n) is 6.92. The molecule has 0 radical (unpaired) electrons. The first-order valence-electron chi connectivity index (χ1n) is 12.3.